The van der Waals surface area contributed by atoms with Crippen LogP contribution in [-0.2, 0) is 0 Å². The minimum absolute atomic E-state index is 0.487. The Morgan fingerprint density at radius 1 is 1.24 bits per heavy atom. The van der Waals surface area contributed by atoms with Crippen molar-refractivity contribution in [2.45, 2.75) is 43.8 Å². The molecule has 3 nitrogen and oxygen atoms in total. The molecule has 21 heavy (non-hydrogen) atoms. The Balaban J connectivity index is 1.64. The predicted molar refractivity (Wildman–Crippen MR) is 88.5 cm³/mol. The lowest BCUT2D eigenvalue weighted by Crippen LogP contribution is -2.41. The third kappa shape index (κ3) is 4.06. The van der Waals surface area contributed by atoms with Crippen LogP contribution in [0.4, 0.5) is 0 Å². The Kier molecular flexibility index (Phi) is 4.94. The zero-order chi connectivity index (χ0) is 14.7. The smallest absolute Gasteiger partial charge is 0.0470 e. The van der Waals surface area contributed by atoms with Crippen molar-refractivity contribution in [1.82, 2.24) is 15.1 Å². The molecule has 1 saturated heterocycles. The van der Waals surface area contributed by atoms with Gasteiger partial charge in [0.25, 0.3) is 0 Å². The van der Waals surface area contributed by atoms with Gasteiger partial charge in [-0.2, -0.15) is 0 Å². The van der Waals surface area contributed by atoms with Crippen LogP contribution in [0.3, 0.4) is 0 Å². The molecule has 2 fully saturated rings. The van der Waals surface area contributed by atoms with Gasteiger partial charge < -0.3 is 10.2 Å². The third-order valence-corrected chi connectivity index (χ3v) is 5.06. The van der Waals surface area contributed by atoms with Gasteiger partial charge in [0.2, 0.25) is 0 Å². The lowest BCUT2D eigenvalue weighted by Gasteiger charge is -2.33. The van der Waals surface area contributed by atoms with Crippen LogP contribution in [0.15, 0.2) is 30.3 Å². The molecular formula is C18H29N3. The number of rotatable bonds is 7. The topological polar surface area (TPSA) is 18.5 Å². The third-order valence-electron chi connectivity index (χ3n) is 5.06. The summed E-state index contributed by atoms with van der Waals surface area (Å²) in [7, 11) is 4.56. The van der Waals surface area contributed by atoms with E-state index in [-0.39, 0.29) is 0 Å². The molecule has 1 aliphatic carbocycles. The highest BCUT2D eigenvalue weighted by Gasteiger charge is 2.27. The maximum absolute atomic E-state index is 3.72. The fraction of sp³-hybridized carbons (Fsp3) is 0.667. The van der Waals surface area contributed by atoms with Crippen LogP contribution in [-0.4, -0.2) is 55.6 Å². The molecule has 0 aromatic heterocycles. The van der Waals surface area contributed by atoms with E-state index in [4.69, 9.17) is 0 Å². The van der Waals surface area contributed by atoms with Gasteiger partial charge in [0.1, 0.15) is 0 Å². The van der Waals surface area contributed by atoms with Crippen LogP contribution < -0.4 is 5.32 Å². The number of nitrogens with one attached hydrogen (secondary N) is 1. The first-order chi connectivity index (χ1) is 10.2. The fourth-order valence-corrected chi connectivity index (χ4v) is 3.44. The molecule has 1 heterocycles. The number of hydrogen-bond acceptors (Lipinski definition) is 3. The van der Waals surface area contributed by atoms with Crippen molar-refractivity contribution in [3.63, 3.8) is 0 Å². The van der Waals surface area contributed by atoms with Gasteiger partial charge in [-0.25, -0.2) is 0 Å². The summed E-state index contributed by atoms with van der Waals surface area (Å²) in [6.07, 6.45) is 5.41. The molecule has 0 bridgehead atoms. The average molecular weight is 287 g/mol. The molecule has 1 saturated carbocycles. The highest BCUT2D eigenvalue weighted by atomic mass is 15.2. The first-order valence-corrected chi connectivity index (χ1v) is 8.43. The van der Waals surface area contributed by atoms with E-state index in [0.717, 1.165) is 18.6 Å². The lowest BCUT2D eigenvalue weighted by molar-refractivity contribution is 0.173. The summed E-state index contributed by atoms with van der Waals surface area (Å²) >= 11 is 0. The number of nitrogens with zero attached hydrogens (tertiary/aromatic N) is 2. The molecule has 0 spiro atoms. The van der Waals surface area contributed by atoms with Gasteiger partial charge in [0.15, 0.2) is 0 Å². The summed E-state index contributed by atoms with van der Waals surface area (Å²) < 4.78 is 0. The molecule has 1 aromatic rings. The van der Waals surface area contributed by atoms with E-state index in [0.29, 0.717) is 6.04 Å². The van der Waals surface area contributed by atoms with Gasteiger partial charge in [-0.05, 0) is 51.9 Å². The molecular weight excluding hydrogens is 258 g/mol. The van der Waals surface area contributed by atoms with E-state index >= 15 is 0 Å². The van der Waals surface area contributed by atoms with Crippen molar-refractivity contribution in [1.29, 1.82) is 0 Å². The van der Waals surface area contributed by atoms with E-state index in [1.807, 2.05) is 0 Å². The fourth-order valence-electron chi connectivity index (χ4n) is 3.44. The molecule has 2 atom stereocenters. The Bertz CT molecular complexity index is 429. The Morgan fingerprint density at radius 3 is 2.62 bits per heavy atom. The van der Waals surface area contributed by atoms with Gasteiger partial charge >= 0.3 is 0 Å². The second kappa shape index (κ2) is 6.91. The summed E-state index contributed by atoms with van der Waals surface area (Å²) in [4.78, 5) is 5.07. The largest absolute Gasteiger partial charge is 0.312 e. The SMILES string of the molecule is CN1CCCC1CN(C)C(CNC1CC1)c1ccccc1. The first kappa shape index (κ1) is 15.0. The van der Waals surface area contributed by atoms with E-state index in [1.54, 1.807) is 0 Å². The molecule has 2 aliphatic rings. The zero-order valence-corrected chi connectivity index (χ0v) is 13.5. The van der Waals surface area contributed by atoms with Gasteiger partial charge in [0.05, 0.1) is 0 Å². The molecule has 0 radical (unpaired) electrons. The number of likely N-dealkylation sites (tertiary alicyclic amines) is 1. The maximum Gasteiger partial charge on any atom is 0.0470 e. The van der Waals surface area contributed by atoms with Crippen molar-refractivity contribution in [2.75, 3.05) is 33.7 Å². The van der Waals surface area contributed by atoms with Crippen molar-refractivity contribution in [3.8, 4) is 0 Å². The number of benzene rings is 1. The molecule has 1 N–H and O–H groups in total. The molecule has 2 unspecified atom stereocenters. The van der Waals surface area contributed by atoms with Crippen molar-refractivity contribution < 1.29 is 0 Å². The van der Waals surface area contributed by atoms with Crippen LogP contribution in [0, 0.1) is 0 Å². The normalized spacial score (nSPS) is 24.6. The van der Waals surface area contributed by atoms with Gasteiger partial charge in [-0.3, -0.25) is 4.90 Å². The Morgan fingerprint density at radius 2 is 2.00 bits per heavy atom. The molecule has 3 heteroatoms. The van der Waals surface area contributed by atoms with E-state index in [9.17, 15) is 0 Å². The van der Waals surface area contributed by atoms with Crippen LogP contribution >= 0.6 is 0 Å². The van der Waals surface area contributed by atoms with E-state index < -0.39 is 0 Å². The molecule has 0 amide bonds. The van der Waals surface area contributed by atoms with E-state index in [1.165, 1.54) is 44.3 Å². The van der Waals surface area contributed by atoms with Gasteiger partial charge in [0, 0.05) is 31.2 Å². The quantitative estimate of drug-likeness (QED) is 0.831. The molecule has 116 valence electrons. The maximum atomic E-state index is 3.72. The highest BCUT2D eigenvalue weighted by molar-refractivity contribution is 5.19. The molecule has 3 rings (SSSR count). The summed E-state index contributed by atoms with van der Waals surface area (Å²) in [6.45, 7) is 3.50. The minimum atomic E-state index is 0.487. The second-order valence-electron chi connectivity index (χ2n) is 6.83. The standard InChI is InChI=1S/C18H29N3/c1-20-12-6-9-17(20)14-21(2)18(13-19-16-10-11-16)15-7-4-3-5-8-15/h3-5,7-8,16-19H,6,9-14H2,1-2H3. The monoisotopic (exact) mass is 287 g/mol. The number of hydrogen-bond donors (Lipinski definition) is 1. The lowest BCUT2D eigenvalue weighted by atomic mass is 10.0. The Hall–Kier alpha value is -0.900. The zero-order valence-electron chi connectivity index (χ0n) is 13.5. The van der Waals surface area contributed by atoms with Crippen LogP contribution in [0.2, 0.25) is 0 Å². The summed E-state index contributed by atoms with van der Waals surface area (Å²) in [5.41, 5.74) is 1.44. The van der Waals surface area contributed by atoms with Gasteiger partial charge in [-0.1, -0.05) is 30.3 Å². The first-order valence-electron chi connectivity index (χ1n) is 8.43. The predicted octanol–water partition coefficient (Wildman–Crippen LogP) is 2.51. The second-order valence-corrected chi connectivity index (χ2v) is 6.83. The van der Waals surface area contributed by atoms with Crippen LogP contribution in [0.25, 0.3) is 0 Å². The minimum Gasteiger partial charge on any atom is -0.312 e. The van der Waals surface area contributed by atoms with Crippen LogP contribution in [0.1, 0.15) is 37.3 Å². The number of likely N-dealkylation sites (N-methyl/N-ethyl adjacent to an activating group) is 2. The molecule has 1 aromatic carbocycles. The average Bonchev–Trinajstić information content (AvgIpc) is 3.24. The van der Waals surface area contributed by atoms with Crippen molar-refractivity contribution in [2.24, 2.45) is 0 Å². The Labute approximate surface area is 129 Å². The van der Waals surface area contributed by atoms with Crippen LogP contribution in [0.5, 0.6) is 0 Å². The van der Waals surface area contributed by atoms with Crippen molar-refractivity contribution in [3.05, 3.63) is 35.9 Å². The van der Waals surface area contributed by atoms with Crippen molar-refractivity contribution >= 4 is 0 Å². The highest BCUT2D eigenvalue weighted by Crippen LogP contribution is 2.25. The summed E-state index contributed by atoms with van der Waals surface area (Å²) in [6, 6.07) is 13.0. The summed E-state index contributed by atoms with van der Waals surface area (Å²) in [5.74, 6) is 0. The molecule has 1 aliphatic heterocycles. The summed E-state index contributed by atoms with van der Waals surface area (Å²) in [5, 5.41) is 3.72. The van der Waals surface area contributed by atoms with Gasteiger partial charge in [-0.15, -0.1) is 0 Å². The van der Waals surface area contributed by atoms with E-state index in [2.05, 4.69) is 59.5 Å².